The molecule has 0 amide bonds. The quantitative estimate of drug-likeness (QED) is 0.544. The van der Waals surface area contributed by atoms with Gasteiger partial charge in [-0.1, -0.05) is 13.8 Å². The molecule has 0 saturated carbocycles. The van der Waals surface area contributed by atoms with Crippen LogP contribution in [-0.4, -0.2) is 105 Å². The molecule has 0 rings (SSSR count). The molecule has 0 bridgehead atoms. The van der Waals surface area contributed by atoms with Crippen LogP contribution in [-0.2, 0) is 4.79 Å². The average molecular weight is 331 g/mol. The zero-order valence-corrected chi connectivity index (χ0v) is 17.2. The van der Waals surface area contributed by atoms with Crippen LogP contribution in [0.1, 0.15) is 34.6 Å². The van der Waals surface area contributed by atoms with Crippen molar-refractivity contribution in [3.05, 3.63) is 0 Å². The first kappa shape index (κ1) is 24.8. The molecular formula is C18H42N4O. The predicted octanol–water partition coefficient (Wildman–Crippen LogP) is 1.74. The van der Waals surface area contributed by atoms with Crippen LogP contribution in [0.15, 0.2) is 0 Å². The number of carbonyl (C=O) groups is 1. The van der Waals surface area contributed by atoms with E-state index < -0.39 is 0 Å². The van der Waals surface area contributed by atoms with Crippen LogP contribution < -0.4 is 0 Å². The number of Topliss-reactive ketones (excluding diaryl/α,β-unsaturated/α-hetero) is 1. The Balaban J connectivity index is 0. The second kappa shape index (κ2) is 15.1. The van der Waals surface area contributed by atoms with E-state index >= 15 is 0 Å². The Morgan fingerprint density at radius 1 is 0.739 bits per heavy atom. The maximum absolute atomic E-state index is 11.0. The summed E-state index contributed by atoms with van der Waals surface area (Å²) in [5.41, 5.74) is 0. The predicted molar refractivity (Wildman–Crippen MR) is 102 cm³/mol. The molecule has 0 fully saturated rings. The average Bonchev–Trinajstić information content (AvgIpc) is 2.49. The maximum Gasteiger partial charge on any atom is 0.143 e. The van der Waals surface area contributed by atoms with Gasteiger partial charge in [-0.2, -0.15) is 0 Å². The van der Waals surface area contributed by atoms with E-state index in [1.165, 1.54) is 0 Å². The van der Waals surface area contributed by atoms with E-state index in [9.17, 15) is 4.79 Å². The lowest BCUT2D eigenvalue weighted by Crippen LogP contribution is -2.39. The van der Waals surface area contributed by atoms with Gasteiger partial charge in [0.05, 0.1) is 6.54 Å². The van der Waals surface area contributed by atoms with E-state index in [4.69, 9.17) is 0 Å². The van der Waals surface area contributed by atoms with E-state index in [-0.39, 0.29) is 5.78 Å². The standard InChI is InChI=1S/C16H36N4O.C2H6/c1-15(2)20(7)13-12-18(5)9-8-17(4)10-11-19(6)14-16(3)21;1-2/h15H,8-14H2,1-7H3;1-2H3. The molecule has 0 aromatic heterocycles. The summed E-state index contributed by atoms with van der Waals surface area (Å²) in [4.78, 5) is 20.2. The Bertz CT molecular complexity index is 284. The lowest BCUT2D eigenvalue weighted by molar-refractivity contribution is -0.117. The van der Waals surface area contributed by atoms with E-state index in [0.717, 1.165) is 39.3 Å². The van der Waals surface area contributed by atoms with Crippen LogP contribution in [0, 0.1) is 0 Å². The van der Waals surface area contributed by atoms with Crippen molar-refractivity contribution < 1.29 is 4.79 Å². The summed E-state index contributed by atoms with van der Waals surface area (Å²) >= 11 is 0. The van der Waals surface area contributed by atoms with E-state index in [0.29, 0.717) is 12.6 Å². The molecule has 0 radical (unpaired) electrons. The van der Waals surface area contributed by atoms with Crippen molar-refractivity contribution in [2.75, 3.05) is 74.0 Å². The number of hydrogen-bond acceptors (Lipinski definition) is 5. The van der Waals surface area contributed by atoms with Crippen molar-refractivity contribution in [3.63, 3.8) is 0 Å². The van der Waals surface area contributed by atoms with E-state index in [1.54, 1.807) is 6.92 Å². The summed E-state index contributed by atoms with van der Waals surface area (Å²) < 4.78 is 0. The van der Waals surface area contributed by atoms with Gasteiger partial charge in [0.25, 0.3) is 0 Å². The van der Waals surface area contributed by atoms with Crippen molar-refractivity contribution in [1.82, 2.24) is 19.6 Å². The molecule has 0 heterocycles. The zero-order chi connectivity index (χ0) is 18.4. The molecule has 23 heavy (non-hydrogen) atoms. The number of likely N-dealkylation sites (N-methyl/N-ethyl adjacent to an activating group) is 4. The van der Waals surface area contributed by atoms with Gasteiger partial charge in [-0.15, -0.1) is 0 Å². The van der Waals surface area contributed by atoms with Gasteiger partial charge in [0.2, 0.25) is 0 Å². The number of carbonyl (C=O) groups excluding carboxylic acids is 1. The Morgan fingerprint density at radius 2 is 1.09 bits per heavy atom. The van der Waals surface area contributed by atoms with Gasteiger partial charge < -0.3 is 14.7 Å². The van der Waals surface area contributed by atoms with E-state index in [1.807, 2.05) is 20.9 Å². The van der Waals surface area contributed by atoms with Crippen LogP contribution in [0.25, 0.3) is 0 Å². The van der Waals surface area contributed by atoms with Crippen molar-refractivity contribution in [1.29, 1.82) is 0 Å². The highest BCUT2D eigenvalue weighted by atomic mass is 16.1. The number of hydrogen-bond donors (Lipinski definition) is 0. The molecule has 0 N–H and O–H groups in total. The minimum Gasteiger partial charge on any atom is -0.304 e. The van der Waals surface area contributed by atoms with Crippen LogP contribution >= 0.6 is 0 Å². The molecule has 140 valence electrons. The largest absolute Gasteiger partial charge is 0.304 e. The number of rotatable bonds is 12. The van der Waals surface area contributed by atoms with Gasteiger partial charge in [0, 0.05) is 45.3 Å². The highest BCUT2D eigenvalue weighted by molar-refractivity contribution is 5.77. The summed E-state index contributed by atoms with van der Waals surface area (Å²) in [6.07, 6.45) is 0. The SMILES string of the molecule is CC.CC(=O)CN(C)CCN(C)CCN(C)CCN(C)C(C)C. The summed E-state index contributed by atoms with van der Waals surface area (Å²) in [5.74, 6) is 0.231. The number of nitrogens with zero attached hydrogens (tertiary/aromatic N) is 4. The summed E-state index contributed by atoms with van der Waals surface area (Å²) in [6.45, 7) is 17.0. The molecule has 0 aromatic carbocycles. The fraction of sp³-hybridized carbons (Fsp3) is 0.944. The fourth-order valence-corrected chi connectivity index (χ4v) is 1.95. The minimum atomic E-state index is 0.231. The monoisotopic (exact) mass is 330 g/mol. The van der Waals surface area contributed by atoms with Gasteiger partial charge in [-0.3, -0.25) is 9.69 Å². The summed E-state index contributed by atoms with van der Waals surface area (Å²) in [7, 11) is 8.51. The van der Waals surface area contributed by atoms with Crippen LogP contribution in [0.2, 0.25) is 0 Å². The zero-order valence-electron chi connectivity index (χ0n) is 17.2. The van der Waals surface area contributed by atoms with Gasteiger partial charge in [0.15, 0.2) is 0 Å². The third kappa shape index (κ3) is 16.2. The van der Waals surface area contributed by atoms with E-state index in [2.05, 4.69) is 54.6 Å². The van der Waals surface area contributed by atoms with Crippen molar-refractivity contribution in [3.8, 4) is 0 Å². The third-order valence-corrected chi connectivity index (χ3v) is 3.94. The molecule has 0 aliphatic rings. The normalized spacial score (nSPS) is 11.6. The van der Waals surface area contributed by atoms with Gasteiger partial charge >= 0.3 is 0 Å². The molecular weight excluding hydrogens is 288 g/mol. The Morgan fingerprint density at radius 3 is 1.43 bits per heavy atom. The molecule has 0 saturated heterocycles. The van der Waals surface area contributed by atoms with Crippen LogP contribution in [0.5, 0.6) is 0 Å². The van der Waals surface area contributed by atoms with Crippen molar-refractivity contribution >= 4 is 5.78 Å². The smallest absolute Gasteiger partial charge is 0.143 e. The Kier molecular flexibility index (Phi) is 16.2. The van der Waals surface area contributed by atoms with Crippen molar-refractivity contribution in [2.24, 2.45) is 0 Å². The summed E-state index contributed by atoms with van der Waals surface area (Å²) in [5, 5.41) is 0. The second-order valence-electron chi connectivity index (χ2n) is 6.62. The number of ketones is 1. The van der Waals surface area contributed by atoms with Gasteiger partial charge in [-0.25, -0.2) is 0 Å². The summed E-state index contributed by atoms with van der Waals surface area (Å²) in [6, 6.07) is 0.609. The van der Waals surface area contributed by atoms with Crippen LogP contribution in [0.4, 0.5) is 0 Å². The molecule has 0 atom stereocenters. The highest BCUT2D eigenvalue weighted by Gasteiger charge is 2.07. The molecule has 0 spiro atoms. The molecule has 5 nitrogen and oxygen atoms in total. The Hall–Kier alpha value is -0.490. The topological polar surface area (TPSA) is 30.0 Å². The second-order valence-corrected chi connectivity index (χ2v) is 6.62. The maximum atomic E-state index is 11.0. The van der Waals surface area contributed by atoms with Crippen LogP contribution in [0.3, 0.4) is 0 Å². The molecule has 0 unspecified atom stereocenters. The highest BCUT2D eigenvalue weighted by Crippen LogP contribution is 1.94. The first-order valence-electron chi connectivity index (χ1n) is 8.97. The molecule has 0 aliphatic carbocycles. The fourth-order valence-electron chi connectivity index (χ4n) is 1.95. The molecule has 5 heteroatoms. The van der Waals surface area contributed by atoms with Gasteiger partial charge in [0.1, 0.15) is 5.78 Å². The lowest BCUT2D eigenvalue weighted by Gasteiger charge is -2.27. The Labute approximate surface area is 145 Å². The van der Waals surface area contributed by atoms with Gasteiger partial charge in [-0.05, 0) is 49.0 Å². The minimum absolute atomic E-state index is 0.231. The third-order valence-electron chi connectivity index (χ3n) is 3.94. The molecule has 0 aromatic rings. The first-order valence-corrected chi connectivity index (χ1v) is 8.97. The lowest BCUT2D eigenvalue weighted by atomic mass is 10.3. The molecule has 0 aliphatic heterocycles. The van der Waals surface area contributed by atoms with Crippen molar-refractivity contribution in [2.45, 2.75) is 40.7 Å². The first-order chi connectivity index (χ1) is 10.7.